The van der Waals surface area contributed by atoms with Gasteiger partial charge in [0.05, 0.1) is 13.2 Å². The highest BCUT2D eigenvalue weighted by molar-refractivity contribution is 5.89. The molecule has 0 amide bonds. The average molecular weight is 300 g/mol. The van der Waals surface area contributed by atoms with E-state index in [-0.39, 0.29) is 13.2 Å². The third-order valence-corrected chi connectivity index (χ3v) is 2.32. The Morgan fingerprint density at radius 1 is 1.05 bits per heavy atom. The summed E-state index contributed by atoms with van der Waals surface area (Å²) in [5, 5.41) is 9.09. The van der Waals surface area contributed by atoms with Gasteiger partial charge in [0.2, 0.25) is 0 Å². The van der Waals surface area contributed by atoms with Gasteiger partial charge in [0, 0.05) is 24.5 Å². The van der Waals surface area contributed by atoms with Gasteiger partial charge >= 0.3 is 23.7 Å². The maximum absolute atomic E-state index is 12.0. The van der Waals surface area contributed by atoms with Gasteiger partial charge in [-0.05, 0) is 0 Å². The van der Waals surface area contributed by atoms with E-state index < -0.39 is 29.1 Å². The van der Waals surface area contributed by atoms with Crippen molar-refractivity contribution in [1.29, 1.82) is 0 Å². The number of aliphatic hydroxyl groups excluding tert-OH is 1. The fourth-order valence-electron chi connectivity index (χ4n) is 1.01. The number of rotatable bonds is 8. The Hall–Kier alpha value is -2.15. The first kappa shape index (κ1) is 18.9. The predicted molar refractivity (Wildman–Crippen MR) is 72.8 cm³/mol. The van der Waals surface area contributed by atoms with E-state index in [0.717, 1.165) is 19.1 Å². The number of aliphatic hydroxyl groups is 1. The predicted octanol–water partition coefficient (Wildman–Crippen LogP) is 0.723. The summed E-state index contributed by atoms with van der Waals surface area (Å²) in [6, 6.07) is 0. The molecule has 0 rings (SSSR count). The standard InChI is InChI=1S/C14H20O7/c1-6-10(16)20-14(5,21-11(17)7-2)12(18)19-9-13(3,4)8-15/h6-7,15H,1-2,8-9H2,3-5H3. The summed E-state index contributed by atoms with van der Waals surface area (Å²) in [7, 11) is 0. The van der Waals surface area contributed by atoms with E-state index in [9.17, 15) is 14.4 Å². The van der Waals surface area contributed by atoms with Crippen molar-refractivity contribution in [2.45, 2.75) is 26.6 Å². The second-order valence-electron chi connectivity index (χ2n) is 5.09. The third-order valence-electron chi connectivity index (χ3n) is 2.32. The van der Waals surface area contributed by atoms with E-state index in [1.807, 2.05) is 0 Å². The number of hydrogen-bond donors (Lipinski definition) is 1. The zero-order chi connectivity index (χ0) is 16.7. The van der Waals surface area contributed by atoms with Crippen LogP contribution in [0.4, 0.5) is 0 Å². The molecule has 0 aliphatic rings. The summed E-state index contributed by atoms with van der Waals surface area (Å²) in [6.45, 7) is 10.4. The lowest BCUT2D eigenvalue weighted by Crippen LogP contribution is -2.46. The molecule has 7 nitrogen and oxygen atoms in total. The minimum absolute atomic E-state index is 0.158. The quantitative estimate of drug-likeness (QED) is 0.400. The molecule has 0 atom stereocenters. The summed E-state index contributed by atoms with van der Waals surface area (Å²) in [6.07, 6.45) is 1.62. The van der Waals surface area contributed by atoms with Gasteiger partial charge in [-0.15, -0.1) is 0 Å². The van der Waals surface area contributed by atoms with Gasteiger partial charge < -0.3 is 19.3 Å². The molecule has 0 aliphatic carbocycles. The average Bonchev–Trinajstić information content (AvgIpc) is 2.44. The zero-order valence-electron chi connectivity index (χ0n) is 12.4. The lowest BCUT2D eigenvalue weighted by Gasteiger charge is -2.28. The maximum Gasteiger partial charge on any atom is 0.392 e. The highest BCUT2D eigenvalue weighted by atomic mass is 16.8. The third kappa shape index (κ3) is 6.22. The molecule has 1 N–H and O–H groups in total. The molecule has 0 aromatic rings. The fraction of sp³-hybridized carbons (Fsp3) is 0.500. The van der Waals surface area contributed by atoms with Crippen LogP contribution in [0.5, 0.6) is 0 Å². The fourth-order valence-corrected chi connectivity index (χ4v) is 1.01. The van der Waals surface area contributed by atoms with E-state index in [4.69, 9.17) is 19.3 Å². The molecule has 0 unspecified atom stereocenters. The van der Waals surface area contributed by atoms with Crippen molar-refractivity contribution in [3.63, 3.8) is 0 Å². The Labute approximate surface area is 123 Å². The SMILES string of the molecule is C=CC(=O)OC(C)(OC(=O)C=C)C(=O)OCC(C)(C)CO. The van der Waals surface area contributed by atoms with Crippen LogP contribution < -0.4 is 0 Å². The summed E-state index contributed by atoms with van der Waals surface area (Å²) in [5.74, 6) is -5.28. The van der Waals surface area contributed by atoms with E-state index >= 15 is 0 Å². The first-order valence-electron chi connectivity index (χ1n) is 6.09. The number of ether oxygens (including phenoxy) is 3. The van der Waals surface area contributed by atoms with Gasteiger partial charge in [0.15, 0.2) is 0 Å². The van der Waals surface area contributed by atoms with Crippen LogP contribution in [0.3, 0.4) is 0 Å². The van der Waals surface area contributed by atoms with Gasteiger partial charge in [-0.1, -0.05) is 27.0 Å². The van der Waals surface area contributed by atoms with Crippen molar-refractivity contribution in [3.05, 3.63) is 25.3 Å². The second kappa shape index (κ2) is 7.58. The maximum atomic E-state index is 12.0. The molecule has 21 heavy (non-hydrogen) atoms. The smallest absolute Gasteiger partial charge is 0.392 e. The number of esters is 3. The molecular weight excluding hydrogens is 280 g/mol. The lowest BCUT2D eigenvalue weighted by molar-refractivity contribution is -0.231. The van der Waals surface area contributed by atoms with Crippen LogP contribution in [0.1, 0.15) is 20.8 Å². The number of hydrogen-bond acceptors (Lipinski definition) is 7. The van der Waals surface area contributed by atoms with Crippen LogP contribution in [-0.2, 0) is 28.6 Å². The number of carbonyl (C=O) groups excluding carboxylic acids is 3. The van der Waals surface area contributed by atoms with Crippen LogP contribution in [-0.4, -0.2) is 42.0 Å². The molecule has 0 aliphatic heterocycles. The molecule has 0 aromatic heterocycles. The Morgan fingerprint density at radius 2 is 1.48 bits per heavy atom. The molecular formula is C14H20O7. The van der Waals surface area contributed by atoms with Crippen molar-refractivity contribution < 1.29 is 33.7 Å². The summed E-state index contributed by atoms with van der Waals surface area (Å²) in [4.78, 5) is 34.5. The van der Waals surface area contributed by atoms with E-state index in [2.05, 4.69) is 13.2 Å². The van der Waals surface area contributed by atoms with Crippen LogP contribution in [0, 0.1) is 5.41 Å². The molecule has 0 saturated carbocycles. The van der Waals surface area contributed by atoms with Crippen molar-refractivity contribution in [1.82, 2.24) is 0 Å². The Kier molecular flexibility index (Phi) is 6.81. The molecule has 0 bridgehead atoms. The van der Waals surface area contributed by atoms with Crippen LogP contribution in [0.25, 0.3) is 0 Å². The molecule has 0 radical (unpaired) electrons. The topological polar surface area (TPSA) is 99.1 Å². The number of carbonyl (C=O) groups is 3. The molecule has 0 spiro atoms. The minimum atomic E-state index is -2.26. The van der Waals surface area contributed by atoms with E-state index in [1.54, 1.807) is 13.8 Å². The minimum Gasteiger partial charge on any atom is -0.459 e. The Morgan fingerprint density at radius 3 is 1.81 bits per heavy atom. The lowest BCUT2D eigenvalue weighted by atomic mass is 9.96. The largest absolute Gasteiger partial charge is 0.459 e. The van der Waals surface area contributed by atoms with Crippen LogP contribution in [0.15, 0.2) is 25.3 Å². The van der Waals surface area contributed by atoms with Crippen LogP contribution >= 0.6 is 0 Å². The molecule has 7 heteroatoms. The van der Waals surface area contributed by atoms with Gasteiger partial charge in [0.1, 0.15) is 0 Å². The Balaban J connectivity index is 5.05. The van der Waals surface area contributed by atoms with Gasteiger partial charge in [-0.2, -0.15) is 0 Å². The van der Waals surface area contributed by atoms with Gasteiger partial charge in [0.25, 0.3) is 0 Å². The first-order chi connectivity index (χ1) is 9.60. The van der Waals surface area contributed by atoms with E-state index in [0.29, 0.717) is 0 Å². The van der Waals surface area contributed by atoms with Crippen molar-refractivity contribution in [2.24, 2.45) is 5.41 Å². The first-order valence-corrected chi connectivity index (χ1v) is 6.09. The molecule has 0 saturated heterocycles. The monoisotopic (exact) mass is 300 g/mol. The molecule has 0 fully saturated rings. The van der Waals surface area contributed by atoms with E-state index in [1.165, 1.54) is 0 Å². The second-order valence-corrected chi connectivity index (χ2v) is 5.09. The normalized spacial score (nSPS) is 11.2. The summed E-state index contributed by atoms with van der Waals surface area (Å²) < 4.78 is 14.4. The van der Waals surface area contributed by atoms with Gasteiger partial charge in [-0.25, -0.2) is 14.4 Å². The van der Waals surface area contributed by atoms with Crippen molar-refractivity contribution in [2.75, 3.05) is 13.2 Å². The molecule has 0 heterocycles. The zero-order valence-corrected chi connectivity index (χ0v) is 12.4. The van der Waals surface area contributed by atoms with Crippen molar-refractivity contribution in [3.8, 4) is 0 Å². The highest BCUT2D eigenvalue weighted by Gasteiger charge is 2.43. The summed E-state index contributed by atoms with van der Waals surface area (Å²) >= 11 is 0. The van der Waals surface area contributed by atoms with Crippen LogP contribution in [0.2, 0.25) is 0 Å². The molecule has 0 aromatic carbocycles. The Bertz CT molecular complexity index is 415. The molecule has 118 valence electrons. The summed E-state index contributed by atoms with van der Waals surface area (Å²) in [5.41, 5.74) is -0.693. The van der Waals surface area contributed by atoms with Crippen molar-refractivity contribution >= 4 is 17.9 Å². The van der Waals surface area contributed by atoms with Gasteiger partial charge in [-0.3, -0.25) is 0 Å². The highest BCUT2D eigenvalue weighted by Crippen LogP contribution is 2.20.